The number of aromatic nitrogens is 1. The molecule has 0 N–H and O–H groups in total. The summed E-state index contributed by atoms with van der Waals surface area (Å²) >= 11 is 7.36. The highest BCUT2D eigenvalue weighted by Crippen LogP contribution is 2.26. The smallest absolute Gasteiger partial charge is 0.277 e. The first-order valence-corrected chi connectivity index (χ1v) is 8.53. The summed E-state index contributed by atoms with van der Waals surface area (Å²) in [5.74, 6) is -0.0878. The van der Waals surface area contributed by atoms with E-state index < -0.39 is 0 Å². The van der Waals surface area contributed by atoms with Crippen molar-refractivity contribution in [2.45, 2.75) is 6.92 Å². The zero-order valence-corrected chi connectivity index (χ0v) is 14.1. The number of nitrogens with zero attached hydrogens (tertiary/aromatic N) is 2. The maximum Gasteiger partial charge on any atom is 0.277 e. The van der Waals surface area contributed by atoms with Crippen LogP contribution < -0.4 is 4.90 Å². The third-order valence-corrected chi connectivity index (χ3v) is 4.59. The first kappa shape index (κ1) is 15.7. The van der Waals surface area contributed by atoms with Crippen molar-refractivity contribution in [2.24, 2.45) is 0 Å². The van der Waals surface area contributed by atoms with Gasteiger partial charge in [0, 0.05) is 28.2 Å². The molecular formula is C18H15ClN2OS. The Kier molecular flexibility index (Phi) is 4.74. The highest BCUT2D eigenvalue weighted by Gasteiger charge is 2.19. The lowest BCUT2D eigenvalue weighted by atomic mass is 10.2. The monoisotopic (exact) mass is 342 g/mol. The summed E-state index contributed by atoms with van der Waals surface area (Å²) in [6, 6.07) is 17.1. The minimum Gasteiger partial charge on any atom is -0.307 e. The quantitative estimate of drug-likeness (QED) is 0.658. The van der Waals surface area contributed by atoms with Crippen LogP contribution in [0.1, 0.15) is 17.4 Å². The molecule has 1 amide bonds. The van der Waals surface area contributed by atoms with Crippen LogP contribution in [-0.4, -0.2) is 17.4 Å². The number of anilines is 1. The van der Waals surface area contributed by atoms with Gasteiger partial charge in [0.2, 0.25) is 0 Å². The largest absolute Gasteiger partial charge is 0.307 e. The van der Waals surface area contributed by atoms with E-state index in [0.29, 0.717) is 17.3 Å². The van der Waals surface area contributed by atoms with Crippen LogP contribution in [0, 0.1) is 0 Å². The fourth-order valence-corrected chi connectivity index (χ4v) is 3.21. The number of halogens is 1. The first-order valence-electron chi connectivity index (χ1n) is 7.27. The predicted octanol–water partition coefficient (Wildman–Crippen LogP) is 5.13. The van der Waals surface area contributed by atoms with Crippen LogP contribution in [0.2, 0.25) is 5.02 Å². The van der Waals surface area contributed by atoms with Crippen molar-refractivity contribution in [3.63, 3.8) is 0 Å². The molecule has 116 valence electrons. The Bertz CT molecular complexity index is 799. The number of hydrogen-bond donors (Lipinski definition) is 0. The first-order chi connectivity index (χ1) is 11.2. The van der Waals surface area contributed by atoms with E-state index in [0.717, 1.165) is 16.3 Å². The predicted molar refractivity (Wildman–Crippen MR) is 96.4 cm³/mol. The van der Waals surface area contributed by atoms with E-state index in [4.69, 9.17) is 11.6 Å². The average molecular weight is 343 g/mol. The van der Waals surface area contributed by atoms with Gasteiger partial charge in [-0.3, -0.25) is 4.79 Å². The van der Waals surface area contributed by atoms with Gasteiger partial charge in [0.1, 0.15) is 10.7 Å². The maximum absolute atomic E-state index is 12.7. The average Bonchev–Trinajstić information content (AvgIpc) is 3.07. The van der Waals surface area contributed by atoms with Gasteiger partial charge in [0.25, 0.3) is 5.91 Å². The molecule has 0 bridgehead atoms. The van der Waals surface area contributed by atoms with Gasteiger partial charge >= 0.3 is 0 Å². The van der Waals surface area contributed by atoms with E-state index in [9.17, 15) is 4.79 Å². The molecule has 0 aliphatic heterocycles. The molecule has 0 aliphatic carbocycles. The second kappa shape index (κ2) is 6.94. The van der Waals surface area contributed by atoms with Gasteiger partial charge in [-0.05, 0) is 31.2 Å². The molecule has 1 aromatic heterocycles. The molecule has 0 atom stereocenters. The third-order valence-electron chi connectivity index (χ3n) is 3.44. The van der Waals surface area contributed by atoms with Crippen molar-refractivity contribution in [1.82, 2.24) is 4.98 Å². The molecule has 0 saturated carbocycles. The summed E-state index contributed by atoms with van der Waals surface area (Å²) in [4.78, 5) is 18.9. The fourth-order valence-electron chi connectivity index (χ4n) is 2.29. The third kappa shape index (κ3) is 3.44. The number of hydrogen-bond acceptors (Lipinski definition) is 3. The van der Waals surface area contributed by atoms with Gasteiger partial charge in [-0.2, -0.15) is 0 Å². The number of rotatable bonds is 4. The van der Waals surface area contributed by atoms with Crippen LogP contribution in [-0.2, 0) is 0 Å². The minimum absolute atomic E-state index is 0.0878. The lowest BCUT2D eigenvalue weighted by Gasteiger charge is -2.19. The van der Waals surface area contributed by atoms with Crippen LogP contribution in [0.5, 0.6) is 0 Å². The lowest BCUT2D eigenvalue weighted by Crippen LogP contribution is -2.30. The van der Waals surface area contributed by atoms with Crippen LogP contribution >= 0.6 is 22.9 Å². The number of carbonyl (C=O) groups is 1. The molecule has 23 heavy (non-hydrogen) atoms. The molecule has 3 rings (SSSR count). The Morgan fingerprint density at radius 2 is 1.83 bits per heavy atom. The molecule has 0 fully saturated rings. The van der Waals surface area contributed by atoms with Gasteiger partial charge in [-0.25, -0.2) is 4.98 Å². The number of thiazole rings is 1. The minimum atomic E-state index is -0.0878. The van der Waals surface area contributed by atoms with Gasteiger partial charge in [0.05, 0.1) is 0 Å². The number of amides is 1. The zero-order chi connectivity index (χ0) is 16.2. The highest BCUT2D eigenvalue weighted by molar-refractivity contribution is 7.13. The summed E-state index contributed by atoms with van der Waals surface area (Å²) < 4.78 is 0. The normalized spacial score (nSPS) is 10.5. The summed E-state index contributed by atoms with van der Waals surface area (Å²) in [6.45, 7) is 2.55. The van der Waals surface area contributed by atoms with Crippen LogP contribution in [0.25, 0.3) is 10.6 Å². The topological polar surface area (TPSA) is 33.2 Å². The molecule has 1 heterocycles. The van der Waals surface area contributed by atoms with E-state index in [1.165, 1.54) is 11.3 Å². The van der Waals surface area contributed by atoms with Gasteiger partial charge < -0.3 is 4.90 Å². The van der Waals surface area contributed by atoms with Crippen LogP contribution in [0.3, 0.4) is 0 Å². The molecule has 0 radical (unpaired) electrons. The molecule has 0 unspecified atom stereocenters. The highest BCUT2D eigenvalue weighted by atomic mass is 35.5. The summed E-state index contributed by atoms with van der Waals surface area (Å²) in [5, 5.41) is 3.30. The lowest BCUT2D eigenvalue weighted by molar-refractivity contribution is 0.0984. The van der Waals surface area contributed by atoms with E-state index in [1.807, 2.05) is 61.5 Å². The Labute approximate surface area is 144 Å². The Balaban J connectivity index is 1.87. The van der Waals surface area contributed by atoms with Crippen molar-refractivity contribution >= 4 is 34.5 Å². The molecule has 3 aromatic rings. The van der Waals surface area contributed by atoms with Crippen molar-refractivity contribution < 1.29 is 4.79 Å². The van der Waals surface area contributed by atoms with E-state index in [2.05, 4.69) is 4.98 Å². The number of benzene rings is 2. The van der Waals surface area contributed by atoms with E-state index in [-0.39, 0.29) is 5.91 Å². The SMILES string of the molecule is CCN(C(=O)c1csc(-c2ccc(Cl)cc2)n1)c1ccccc1. The van der Waals surface area contributed by atoms with Crippen molar-refractivity contribution in [1.29, 1.82) is 0 Å². The Morgan fingerprint density at radius 3 is 2.48 bits per heavy atom. The fraction of sp³-hybridized carbons (Fsp3) is 0.111. The standard InChI is InChI=1S/C18H15ClN2OS/c1-2-21(15-6-4-3-5-7-15)18(22)16-12-23-17(20-16)13-8-10-14(19)11-9-13/h3-12H,2H2,1H3. The van der Waals surface area contributed by atoms with Crippen molar-refractivity contribution in [2.75, 3.05) is 11.4 Å². The summed E-state index contributed by atoms with van der Waals surface area (Å²) in [5.41, 5.74) is 2.30. The Hall–Kier alpha value is -2.17. The second-order valence-electron chi connectivity index (χ2n) is 4.93. The van der Waals surface area contributed by atoms with Gasteiger partial charge in [-0.15, -0.1) is 11.3 Å². The summed E-state index contributed by atoms with van der Waals surface area (Å²) in [7, 11) is 0. The zero-order valence-electron chi connectivity index (χ0n) is 12.6. The van der Waals surface area contributed by atoms with Crippen LogP contribution in [0.4, 0.5) is 5.69 Å². The maximum atomic E-state index is 12.7. The molecular weight excluding hydrogens is 328 g/mol. The van der Waals surface area contributed by atoms with Crippen molar-refractivity contribution in [3.8, 4) is 10.6 Å². The molecule has 2 aromatic carbocycles. The van der Waals surface area contributed by atoms with Crippen LogP contribution in [0.15, 0.2) is 60.0 Å². The van der Waals surface area contributed by atoms with E-state index >= 15 is 0 Å². The number of carbonyl (C=O) groups excluding carboxylic acids is 1. The Morgan fingerprint density at radius 1 is 1.13 bits per heavy atom. The number of para-hydroxylation sites is 1. The molecule has 3 nitrogen and oxygen atoms in total. The van der Waals surface area contributed by atoms with Crippen molar-refractivity contribution in [3.05, 3.63) is 70.7 Å². The summed E-state index contributed by atoms with van der Waals surface area (Å²) in [6.07, 6.45) is 0. The van der Waals surface area contributed by atoms with Gasteiger partial charge in [-0.1, -0.05) is 41.9 Å². The molecule has 0 saturated heterocycles. The second-order valence-corrected chi connectivity index (χ2v) is 6.22. The molecule has 0 spiro atoms. The van der Waals surface area contributed by atoms with Gasteiger partial charge in [0.15, 0.2) is 0 Å². The molecule has 0 aliphatic rings. The van der Waals surface area contributed by atoms with E-state index in [1.54, 1.807) is 10.3 Å². The molecule has 5 heteroatoms.